The molecule has 6 heteroatoms. The highest BCUT2D eigenvalue weighted by Crippen LogP contribution is 2.16. The van der Waals surface area contributed by atoms with E-state index in [0.29, 0.717) is 0 Å². The number of ether oxygens (including phenoxy) is 1. The van der Waals surface area contributed by atoms with E-state index in [9.17, 15) is 13.2 Å². The molecule has 1 atom stereocenters. The van der Waals surface area contributed by atoms with E-state index in [-0.39, 0.29) is 11.3 Å². The first-order valence-electron chi connectivity index (χ1n) is 7.55. The van der Waals surface area contributed by atoms with Crippen molar-refractivity contribution in [2.45, 2.75) is 31.2 Å². The molecule has 5 nitrogen and oxygen atoms in total. The molecule has 0 aliphatic rings. The molecule has 0 aromatic heterocycles. The second kappa shape index (κ2) is 7.59. The number of esters is 1. The van der Waals surface area contributed by atoms with E-state index in [1.54, 1.807) is 12.1 Å². The Morgan fingerprint density at radius 2 is 1.75 bits per heavy atom. The lowest BCUT2D eigenvalue weighted by atomic mass is 10.1. The molecule has 0 unspecified atom stereocenters. The van der Waals surface area contributed by atoms with Crippen molar-refractivity contribution in [1.29, 1.82) is 0 Å². The lowest BCUT2D eigenvalue weighted by Crippen LogP contribution is -2.43. The van der Waals surface area contributed by atoms with Crippen LogP contribution in [0.15, 0.2) is 53.4 Å². The predicted octanol–water partition coefficient (Wildman–Crippen LogP) is 2.37. The molecule has 0 saturated carbocycles. The summed E-state index contributed by atoms with van der Waals surface area (Å²) in [7, 11) is -2.58. The van der Waals surface area contributed by atoms with Gasteiger partial charge in [0, 0.05) is 0 Å². The third kappa shape index (κ3) is 4.43. The van der Waals surface area contributed by atoms with Gasteiger partial charge in [0.25, 0.3) is 0 Å². The zero-order chi connectivity index (χ0) is 17.7. The Labute approximate surface area is 142 Å². The summed E-state index contributed by atoms with van der Waals surface area (Å²) in [5, 5.41) is 0. The van der Waals surface area contributed by atoms with Crippen LogP contribution in [0.3, 0.4) is 0 Å². The highest BCUT2D eigenvalue weighted by Gasteiger charge is 2.26. The minimum Gasteiger partial charge on any atom is -0.468 e. The van der Waals surface area contributed by atoms with Gasteiger partial charge >= 0.3 is 5.97 Å². The van der Waals surface area contributed by atoms with Gasteiger partial charge < -0.3 is 4.74 Å². The molecule has 2 aromatic rings. The molecule has 0 radical (unpaired) electrons. The van der Waals surface area contributed by atoms with Crippen LogP contribution in [0.4, 0.5) is 0 Å². The predicted molar refractivity (Wildman–Crippen MR) is 92.2 cm³/mol. The van der Waals surface area contributed by atoms with Crippen LogP contribution in [0, 0.1) is 13.8 Å². The average Bonchev–Trinajstić information content (AvgIpc) is 2.56. The second-order valence-corrected chi connectivity index (χ2v) is 7.35. The first kappa shape index (κ1) is 18.2. The summed E-state index contributed by atoms with van der Waals surface area (Å²) in [6, 6.07) is 13.1. The minimum absolute atomic E-state index is 0.132. The summed E-state index contributed by atoms with van der Waals surface area (Å²) in [5.74, 6) is -0.619. The van der Waals surface area contributed by atoms with Gasteiger partial charge in [-0.05, 0) is 49.1 Å². The van der Waals surface area contributed by atoms with Crippen LogP contribution in [0.5, 0.6) is 0 Å². The van der Waals surface area contributed by atoms with Crippen LogP contribution in [0.1, 0.15) is 16.7 Å². The summed E-state index contributed by atoms with van der Waals surface area (Å²) < 4.78 is 32.4. The number of sulfonamides is 1. The molecule has 0 fully saturated rings. The quantitative estimate of drug-likeness (QED) is 0.814. The number of hydrogen-bond acceptors (Lipinski definition) is 4. The summed E-state index contributed by atoms with van der Waals surface area (Å²) in [6.45, 7) is 3.75. The molecule has 0 spiro atoms. The zero-order valence-corrected chi connectivity index (χ0v) is 14.8. The van der Waals surface area contributed by atoms with Crippen molar-refractivity contribution < 1.29 is 17.9 Å². The van der Waals surface area contributed by atoms with Gasteiger partial charge in [0.2, 0.25) is 10.0 Å². The van der Waals surface area contributed by atoms with E-state index in [1.165, 1.54) is 13.2 Å². The molecule has 1 N–H and O–H groups in total. The smallest absolute Gasteiger partial charge is 0.324 e. The van der Waals surface area contributed by atoms with E-state index in [0.717, 1.165) is 16.7 Å². The van der Waals surface area contributed by atoms with Crippen LogP contribution in [0.25, 0.3) is 0 Å². The maximum atomic E-state index is 12.6. The molecule has 2 aromatic carbocycles. The number of aryl methyl sites for hydroxylation is 2. The first-order valence-corrected chi connectivity index (χ1v) is 9.03. The van der Waals surface area contributed by atoms with Crippen molar-refractivity contribution in [3.63, 3.8) is 0 Å². The fourth-order valence-electron chi connectivity index (χ4n) is 2.30. The molecule has 2 rings (SSSR count). The van der Waals surface area contributed by atoms with E-state index < -0.39 is 22.0 Å². The third-order valence-electron chi connectivity index (χ3n) is 3.85. The topological polar surface area (TPSA) is 72.5 Å². The van der Waals surface area contributed by atoms with Crippen LogP contribution < -0.4 is 4.72 Å². The van der Waals surface area contributed by atoms with Crippen LogP contribution in [0.2, 0.25) is 0 Å². The van der Waals surface area contributed by atoms with Crippen LogP contribution in [-0.4, -0.2) is 27.5 Å². The summed E-state index contributed by atoms with van der Waals surface area (Å²) >= 11 is 0. The Kier molecular flexibility index (Phi) is 5.75. The van der Waals surface area contributed by atoms with Gasteiger partial charge in [-0.3, -0.25) is 4.79 Å². The molecule has 128 valence electrons. The maximum Gasteiger partial charge on any atom is 0.324 e. The van der Waals surface area contributed by atoms with Gasteiger partial charge in [-0.2, -0.15) is 4.72 Å². The fraction of sp³-hybridized carbons (Fsp3) is 0.278. The summed E-state index contributed by atoms with van der Waals surface area (Å²) in [6.07, 6.45) is 0.220. The first-order chi connectivity index (χ1) is 11.3. The van der Waals surface area contributed by atoms with Crippen molar-refractivity contribution in [3.8, 4) is 0 Å². The van der Waals surface area contributed by atoms with E-state index in [4.69, 9.17) is 4.74 Å². The van der Waals surface area contributed by atoms with Crippen LogP contribution in [-0.2, 0) is 26.0 Å². The molecule has 0 amide bonds. The Bertz CT molecular complexity index is 816. The van der Waals surface area contributed by atoms with Crippen LogP contribution >= 0.6 is 0 Å². The van der Waals surface area contributed by atoms with Gasteiger partial charge in [-0.25, -0.2) is 8.42 Å². The number of methoxy groups -OCH3 is 1. The zero-order valence-electron chi connectivity index (χ0n) is 13.9. The molecular weight excluding hydrogens is 326 g/mol. The number of carbonyl (C=O) groups excluding carboxylic acids is 1. The number of benzene rings is 2. The third-order valence-corrected chi connectivity index (χ3v) is 5.32. The lowest BCUT2D eigenvalue weighted by molar-refractivity contribution is -0.142. The molecule has 0 heterocycles. The number of hydrogen-bond donors (Lipinski definition) is 1. The Morgan fingerprint density at radius 1 is 1.08 bits per heavy atom. The van der Waals surface area contributed by atoms with Gasteiger partial charge in [-0.15, -0.1) is 0 Å². The van der Waals surface area contributed by atoms with Crippen molar-refractivity contribution in [1.82, 2.24) is 4.72 Å². The van der Waals surface area contributed by atoms with Gasteiger partial charge in [0.1, 0.15) is 6.04 Å². The molecular formula is C18H21NO4S. The number of rotatable bonds is 6. The fourth-order valence-corrected chi connectivity index (χ4v) is 3.57. The van der Waals surface area contributed by atoms with E-state index in [2.05, 4.69) is 4.72 Å². The van der Waals surface area contributed by atoms with Crippen molar-refractivity contribution >= 4 is 16.0 Å². The largest absolute Gasteiger partial charge is 0.468 e. The normalized spacial score (nSPS) is 12.6. The molecule has 0 aliphatic carbocycles. The Hall–Kier alpha value is -2.18. The highest BCUT2D eigenvalue weighted by molar-refractivity contribution is 7.89. The second-order valence-electron chi connectivity index (χ2n) is 5.63. The van der Waals surface area contributed by atoms with E-state index >= 15 is 0 Å². The van der Waals surface area contributed by atoms with Crippen molar-refractivity contribution in [2.75, 3.05) is 7.11 Å². The standard InChI is InChI=1S/C18H21NO4S/c1-13-9-10-16(11-14(13)2)24(21,22)19-17(18(20)23-3)12-15-7-5-4-6-8-15/h4-11,17,19H,12H2,1-3H3/t17-/m0/s1. The molecule has 0 aliphatic heterocycles. The van der Waals surface area contributed by atoms with Crippen molar-refractivity contribution in [3.05, 3.63) is 65.2 Å². The monoisotopic (exact) mass is 347 g/mol. The highest BCUT2D eigenvalue weighted by atomic mass is 32.2. The summed E-state index contributed by atoms with van der Waals surface area (Å²) in [5.41, 5.74) is 2.72. The number of carbonyl (C=O) groups is 1. The van der Waals surface area contributed by atoms with Crippen molar-refractivity contribution in [2.24, 2.45) is 0 Å². The maximum absolute atomic E-state index is 12.6. The lowest BCUT2D eigenvalue weighted by Gasteiger charge is -2.17. The SMILES string of the molecule is COC(=O)[C@H](Cc1ccccc1)NS(=O)(=O)c1ccc(C)c(C)c1. The van der Waals surface area contributed by atoms with Gasteiger partial charge in [-0.1, -0.05) is 36.4 Å². The Balaban J connectivity index is 2.27. The molecule has 0 saturated heterocycles. The molecule has 0 bridgehead atoms. The average molecular weight is 347 g/mol. The summed E-state index contributed by atoms with van der Waals surface area (Å²) in [4.78, 5) is 12.1. The Morgan fingerprint density at radius 3 is 2.33 bits per heavy atom. The van der Waals surface area contributed by atoms with E-state index in [1.807, 2.05) is 44.2 Å². The number of nitrogens with one attached hydrogen (secondary N) is 1. The molecule has 24 heavy (non-hydrogen) atoms. The minimum atomic E-state index is -3.82. The van der Waals surface area contributed by atoms with Gasteiger partial charge in [0.05, 0.1) is 12.0 Å². The van der Waals surface area contributed by atoms with Gasteiger partial charge in [0.15, 0.2) is 0 Å².